The molecule has 21 heavy (non-hydrogen) atoms. The molecule has 0 spiro atoms. The van der Waals surface area contributed by atoms with Gasteiger partial charge in [0, 0.05) is 43.9 Å². The third-order valence-electron chi connectivity index (χ3n) is 3.41. The van der Waals surface area contributed by atoms with E-state index in [9.17, 15) is 0 Å². The number of aromatic nitrogens is 4. The molecule has 0 fully saturated rings. The molecule has 0 radical (unpaired) electrons. The van der Waals surface area contributed by atoms with E-state index >= 15 is 0 Å². The molecule has 0 atom stereocenters. The van der Waals surface area contributed by atoms with Gasteiger partial charge >= 0.3 is 0 Å². The molecule has 0 unspecified atom stereocenters. The zero-order valence-corrected chi connectivity index (χ0v) is 13.5. The van der Waals surface area contributed by atoms with E-state index in [1.54, 1.807) is 0 Å². The average Bonchev–Trinajstić information content (AvgIpc) is 2.78. The molecule has 6 nitrogen and oxygen atoms in total. The summed E-state index contributed by atoms with van der Waals surface area (Å²) in [4.78, 5) is 9.13. The maximum absolute atomic E-state index is 4.60. The van der Waals surface area contributed by atoms with Crippen molar-refractivity contribution in [3.8, 4) is 0 Å². The van der Waals surface area contributed by atoms with Gasteiger partial charge in [0.15, 0.2) is 0 Å². The molecule has 2 N–H and O–H groups in total. The van der Waals surface area contributed by atoms with Gasteiger partial charge in [0.2, 0.25) is 0 Å². The van der Waals surface area contributed by atoms with Crippen LogP contribution >= 0.6 is 0 Å². The molecule has 2 aromatic rings. The molecule has 6 heteroatoms. The average molecular weight is 288 g/mol. The van der Waals surface area contributed by atoms with Crippen LogP contribution in [-0.4, -0.2) is 26.3 Å². The topological polar surface area (TPSA) is 67.7 Å². The first-order chi connectivity index (χ1) is 10.0. The summed E-state index contributed by atoms with van der Waals surface area (Å²) >= 11 is 0. The number of aryl methyl sites for hydroxylation is 3. The minimum Gasteiger partial charge on any atom is -0.370 e. The summed E-state index contributed by atoms with van der Waals surface area (Å²) < 4.78 is 1.83. The molecule has 114 valence electrons. The number of rotatable bonds is 6. The zero-order chi connectivity index (χ0) is 15.4. The normalized spacial score (nSPS) is 10.7. The summed E-state index contributed by atoms with van der Waals surface area (Å²) in [7, 11) is 1.94. The van der Waals surface area contributed by atoms with E-state index in [4.69, 9.17) is 0 Å². The van der Waals surface area contributed by atoms with E-state index in [1.165, 1.54) is 5.56 Å². The van der Waals surface area contributed by atoms with Gasteiger partial charge in [0.05, 0.1) is 5.69 Å². The lowest BCUT2D eigenvalue weighted by molar-refractivity contribution is 0.756. The van der Waals surface area contributed by atoms with E-state index in [0.717, 1.165) is 41.7 Å². The van der Waals surface area contributed by atoms with Crippen molar-refractivity contribution in [2.24, 2.45) is 7.05 Å². The fourth-order valence-electron chi connectivity index (χ4n) is 2.23. The van der Waals surface area contributed by atoms with Crippen LogP contribution in [0.15, 0.2) is 6.20 Å². The van der Waals surface area contributed by atoms with Crippen LogP contribution in [-0.2, 0) is 20.0 Å². The Morgan fingerprint density at radius 3 is 2.29 bits per heavy atom. The van der Waals surface area contributed by atoms with E-state index in [-0.39, 0.29) is 0 Å². The molecule has 2 aromatic heterocycles. The van der Waals surface area contributed by atoms with Crippen molar-refractivity contribution in [3.63, 3.8) is 0 Å². The van der Waals surface area contributed by atoms with Gasteiger partial charge in [0.25, 0.3) is 0 Å². The summed E-state index contributed by atoms with van der Waals surface area (Å²) in [6.07, 6.45) is 2.85. The van der Waals surface area contributed by atoms with Gasteiger partial charge in [-0.3, -0.25) is 4.68 Å². The van der Waals surface area contributed by atoms with Crippen LogP contribution in [0.5, 0.6) is 0 Å². The first-order valence-electron chi connectivity index (χ1n) is 7.39. The van der Waals surface area contributed by atoms with Gasteiger partial charge in [-0.2, -0.15) is 5.10 Å². The maximum Gasteiger partial charge on any atom is 0.135 e. The lowest BCUT2D eigenvalue weighted by atomic mass is 10.2. The van der Waals surface area contributed by atoms with Gasteiger partial charge in [-0.05, 0) is 20.8 Å². The molecule has 0 bridgehead atoms. The Morgan fingerprint density at radius 2 is 1.76 bits per heavy atom. The first-order valence-corrected chi connectivity index (χ1v) is 7.39. The van der Waals surface area contributed by atoms with Crippen LogP contribution in [0.25, 0.3) is 0 Å². The summed E-state index contributed by atoms with van der Waals surface area (Å²) in [5.74, 6) is 2.65. The van der Waals surface area contributed by atoms with E-state index in [2.05, 4.69) is 39.5 Å². The number of anilines is 2. The Kier molecular flexibility index (Phi) is 4.77. The smallest absolute Gasteiger partial charge is 0.135 e. The van der Waals surface area contributed by atoms with E-state index < -0.39 is 0 Å². The molecule has 2 rings (SSSR count). The van der Waals surface area contributed by atoms with Crippen molar-refractivity contribution in [1.29, 1.82) is 0 Å². The van der Waals surface area contributed by atoms with Crippen molar-refractivity contribution in [2.75, 3.05) is 17.2 Å². The highest BCUT2D eigenvalue weighted by Gasteiger charge is 2.10. The molecule has 0 aromatic carbocycles. The highest BCUT2D eigenvalue weighted by atomic mass is 15.3. The fraction of sp³-hybridized carbons (Fsp3) is 0.533. The SMILES string of the molecule is CCNc1nc(CC)nc(NCc2cn(C)nc2C)c1C. The van der Waals surface area contributed by atoms with Crippen molar-refractivity contribution >= 4 is 11.6 Å². The quantitative estimate of drug-likeness (QED) is 0.854. The maximum atomic E-state index is 4.60. The van der Waals surface area contributed by atoms with Crippen LogP contribution < -0.4 is 10.6 Å². The van der Waals surface area contributed by atoms with Crippen LogP contribution in [0.1, 0.15) is 36.5 Å². The second-order valence-electron chi connectivity index (χ2n) is 5.11. The van der Waals surface area contributed by atoms with Crippen molar-refractivity contribution in [3.05, 3.63) is 28.8 Å². The minimum absolute atomic E-state index is 0.715. The molecule has 0 aliphatic heterocycles. The Labute approximate surface area is 126 Å². The predicted molar refractivity (Wildman–Crippen MR) is 85.6 cm³/mol. The molecule has 0 saturated heterocycles. The van der Waals surface area contributed by atoms with Crippen LogP contribution in [0.2, 0.25) is 0 Å². The summed E-state index contributed by atoms with van der Waals surface area (Å²) in [6, 6.07) is 0. The Morgan fingerprint density at radius 1 is 1.10 bits per heavy atom. The summed E-state index contributed by atoms with van der Waals surface area (Å²) in [5.41, 5.74) is 3.27. The molecule has 2 heterocycles. The van der Waals surface area contributed by atoms with Gasteiger partial charge in [-0.15, -0.1) is 0 Å². The highest BCUT2D eigenvalue weighted by molar-refractivity contribution is 5.57. The molecule has 0 amide bonds. The Balaban J connectivity index is 2.22. The Hall–Kier alpha value is -2.11. The van der Waals surface area contributed by atoms with Crippen LogP contribution in [0.4, 0.5) is 11.6 Å². The molecule has 0 aliphatic rings. The van der Waals surface area contributed by atoms with E-state index in [0.29, 0.717) is 6.54 Å². The molecular weight excluding hydrogens is 264 g/mol. The minimum atomic E-state index is 0.715. The van der Waals surface area contributed by atoms with Crippen molar-refractivity contribution in [2.45, 2.75) is 40.7 Å². The summed E-state index contributed by atoms with van der Waals surface area (Å²) in [6.45, 7) is 9.75. The molecule has 0 saturated carbocycles. The first kappa shape index (κ1) is 15.3. The Bertz CT molecular complexity index is 617. The van der Waals surface area contributed by atoms with Crippen LogP contribution in [0.3, 0.4) is 0 Å². The molecule has 0 aliphatic carbocycles. The van der Waals surface area contributed by atoms with E-state index in [1.807, 2.05) is 31.8 Å². The highest BCUT2D eigenvalue weighted by Crippen LogP contribution is 2.21. The van der Waals surface area contributed by atoms with Gasteiger partial charge in [0.1, 0.15) is 17.5 Å². The third-order valence-corrected chi connectivity index (χ3v) is 3.41. The fourth-order valence-corrected chi connectivity index (χ4v) is 2.23. The van der Waals surface area contributed by atoms with Gasteiger partial charge in [-0.1, -0.05) is 6.92 Å². The number of nitrogens with one attached hydrogen (secondary N) is 2. The standard InChI is InChI=1S/C15H24N6/c1-6-13-18-14(16-7-2)10(3)15(19-13)17-8-12-9-21(5)20-11(12)4/h9H,6-8H2,1-5H3,(H2,16,17,18,19). The largest absolute Gasteiger partial charge is 0.370 e. The predicted octanol–water partition coefficient (Wildman–Crippen LogP) is 2.43. The van der Waals surface area contributed by atoms with Crippen molar-refractivity contribution < 1.29 is 0 Å². The monoisotopic (exact) mass is 288 g/mol. The second kappa shape index (κ2) is 6.56. The van der Waals surface area contributed by atoms with Gasteiger partial charge < -0.3 is 10.6 Å². The lowest BCUT2D eigenvalue weighted by Gasteiger charge is -2.14. The lowest BCUT2D eigenvalue weighted by Crippen LogP contribution is -2.11. The second-order valence-corrected chi connectivity index (χ2v) is 5.11. The number of nitrogens with zero attached hydrogens (tertiary/aromatic N) is 4. The molecular formula is C15H24N6. The zero-order valence-electron chi connectivity index (χ0n) is 13.5. The summed E-state index contributed by atoms with van der Waals surface area (Å²) in [5, 5.41) is 11.1. The van der Waals surface area contributed by atoms with Crippen LogP contribution in [0, 0.1) is 13.8 Å². The number of hydrogen-bond acceptors (Lipinski definition) is 5. The third kappa shape index (κ3) is 3.51. The van der Waals surface area contributed by atoms with Gasteiger partial charge in [-0.25, -0.2) is 9.97 Å². The van der Waals surface area contributed by atoms with Crippen molar-refractivity contribution in [1.82, 2.24) is 19.7 Å². The number of hydrogen-bond donors (Lipinski definition) is 2.